The summed E-state index contributed by atoms with van der Waals surface area (Å²) in [6.45, 7) is 1.89. The fraction of sp³-hybridized carbons (Fsp3) is 0.455. The van der Waals surface area contributed by atoms with Crippen molar-refractivity contribution in [2.45, 2.75) is 31.2 Å². The van der Waals surface area contributed by atoms with E-state index in [1.54, 1.807) is 0 Å². The van der Waals surface area contributed by atoms with Crippen LogP contribution in [0.5, 0.6) is 5.75 Å². The zero-order valence-electron chi connectivity index (χ0n) is 8.43. The molecule has 0 aliphatic heterocycles. The number of aromatic hydroxyl groups is 1. The van der Waals surface area contributed by atoms with Crippen molar-refractivity contribution in [1.29, 1.82) is 0 Å². The Kier molecular flexibility index (Phi) is 2.40. The average Bonchev–Trinajstić information content (AvgIpc) is 2.92. The fourth-order valence-corrected chi connectivity index (χ4v) is 2.20. The first-order chi connectivity index (χ1) is 6.97. The number of phenols is 1. The van der Waals surface area contributed by atoms with Crippen LogP contribution in [0.1, 0.15) is 25.3 Å². The lowest BCUT2D eigenvalue weighted by Gasteiger charge is -2.21. The molecule has 3 N–H and O–H groups in total. The number of hydrogen-bond donors (Lipinski definition) is 2. The number of phenolic OH excluding ortho intramolecular Hbond substituents is 1. The van der Waals surface area contributed by atoms with E-state index in [9.17, 15) is 9.50 Å². The molecule has 0 aromatic heterocycles. The van der Waals surface area contributed by atoms with Gasteiger partial charge in [-0.05, 0) is 25.8 Å². The molecule has 2 nitrogen and oxygen atoms in total. The Morgan fingerprint density at radius 2 is 2.13 bits per heavy atom. The SMILES string of the molecule is CC(N)C1(c2cc(Cl)c(F)cc2O)CC1. The minimum atomic E-state index is -0.599. The molecule has 82 valence electrons. The molecule has 1 aliphatic carbocycles. The highest BCUT2D eigenvalue weighted by molar-refractivity contribution is 6.30. The van der Waals surface area contributed by atoms with Gasteiger partial charge in [0.15, 0.2) is 0 Å². The Bertz CT molecular complexity index is 402. The molecule has 15 heavy (non-hydrogen) atoms. The Morgan fingerprint density at radius 1 is 1.53 bits per heavy atom. The predicted octanol–water partition coefficient (Wildman–Crippen LogP) is 2.56. The highest BCUT2D eigenvalue weighted by Crippen LogP contribution is 2.53. The largest absolute Gasteiger partial charge is 0.508 e. The normalized spacial score (nSPS) is 20.0. The molecule has 2 rings (SSSR count). The van der Waals surface area contributed by atoms with Gasteiger partial charge in [0, 0.05) is 23.1 Å². The Hall–Kier alpha value is -0.800. The first-order valence-corrected chi connectivity index (χ1v) is 5.29. The van der Waals surface area contributed by atoms with E-state index >= 15 is 0 Å². The smallest absolute Gasteiger partial charge is 0.145 e. The standard InChI is InChI=1S/C11H13ClFNO/c1-6(14)11(2-3-11)7-4-8(12)9(13)5-10(7)15/h4-6,15H,2-3,14H2,1H3. The average molecular weight is 230 g/mol. The van der Waals surface area contributed by atoms with Crippen molar-refractivity contribution in [1.82, 2.24) is 0 Å². The minimum Gasteiger partial charge on any atom is -0.508 e. The predicted molar refractivity (Wildman–Crippen MR) is 57.6 cm³/mol. The quantitative estimate of drug-likeness (QED) is 0.819. The molecule has 0 radical (unpaired) electrons. The third-order valence-electron chi connectivity index (χ3n) is 3.24. The lowest BCUT2D eigenvalue weighted by Crippen LogP contribution is -2.31. The number of hydrogen-bond acceptors (Lipinski definition) is 2. The van der Waals surface area contributed by atoms with Crippen LogP contribution >= 0.6 is 11.6 Å². The number of benzene rings is 1. The summed E-state index contributed by atoms with van der Waals surface area (Å²) in [5.41, 5.74) is 6.34. The van der Waals surface area contributed by atoms with Crippen LogP contribution in [0, 0.1) is 5.82 Å². The van der Waals surface area contributed by atoms with Crippen LogP contribution in [0.25, 0.3) is 0 Å². The second-order valence-electron chi connectivity index (χ2n) is 4.23. The zero-order valence-corrected chi connectivity index (χ0v) is 9.18. The van der Waals surface area contributed by atoms with Gasteiger partial charge in [0.25, 0.3) is 0 Å². The lowest BCUT2D eigenvalue weighted by molar-refractivity contribution is 0.441. The molecule has 0 spiro atoms. The van der Waals surface area contributed by atoms with Crippen LogP contribution in [0.15, 0.2) is 12.1 Å². The number of nitrogens with two attached hydrogens (primary N) is 1. The van der Waals surface area contributed by atoms with E-state index < -0.39 is 5.82 Å². The Balaban J connectivity index is 2.49. The van der Waals surface area contributed by atoms with Gasteiger partial charge in [0.05, 0.1) is 5.02 Å². The molecule has 0 bridgehead atoms. The lowest BCUT2D eigenvalue weighted by atomic mass is 9.89. The van der Waals surface area contributed by atoms with Gasteiger partial charge >= 0.3 is 0 Å². The van der Waals surface area contributed by atoms with Crippen LogP contribution in [-0.4, -0.2) is 11.1 Å². The third kappa shape index (κ3) is 1.60. The highest BCUT2D eigenvalue weighted by Gasteiger charge is 2.49. The summed E-state index contributed by atoms with van der Waals surface area (Å²) in [5, 5.41) is 9.72. The summed E-state index contributed by atoms with van der Waals surface area (Å²) >= 11 is 5.70. The molecule has 4 heteroatoms. The summed E-state index contributed by atoms with van der Waals surface area (Å²) in [6.07, 6.45) is 1.83. The zero-order chi connectivity index (χ0) is 11.2. The molecule has 0 amide bonds. The fourth-order valence-electron chi connectivity index (χ4n) is 2.04. The number of rotatable bonds is 2. The van der Waals surface area contributed by atoms with Crippen LogP contribution in [0.3, 0.4) is 0 Å². The van der Waals surface area contributed by atoms with E-state index in [1.807, 2.05) is 6.92 Å². The van der Waals surface area contributed by atoms with E-state index in [-0.39, 0.29) is 22.2 Å². The molecule has 1 unspecified atom stereocenters. The molecular formula is C11H13ClFNO. The molecule has 0 heterocycles. The van der Waals surface area contributed by atoms with Crippen LogP contribution in [0.2, 0.25) is 5.02 Å². The summed E-state index contributed by atoms with van der Waals surface area (Å²) in [5.74, 6) is -0.648. The molecule has 1 aromatic rings. The maximum Gasteiger partial charge on any atom is 0.145 e. The van der Waals surface area contributed by atoms with Gasteiger partial charge in [-0.15, -0.1) is 0 Å². The Labute approximate surface area is 92.9 Å². The van der Waals surface area contributed by atoms with Gasteiger partial charge in [-0.3, -0.25) is 0 Å². The van der Waals surface area contributed by atoms with E-state index in [4.69, 9.17) is 17.3 Å². The molecule has 1 aromatic carbocycles. The van der Waals surface area contributed by atoms with Gasteiger partial charge in [0.1, 0.15) is 11.6 Å². The van der Waals surface area contributed by atoms with E-state index in [0.717, 1.165) is 18.9 Å². The summed E-state index contributed by atoms with van der Waals surface area (Å²) in [6, 6.07) is 2.48. The maximum absolute atomic E-state index is 13.0. The summed E-state index contributed by atoms with van der Waals surface area (Å²) in [4.78, 5) is 0. The van der Waals surface area contributed by atoms with Crippen molar-refractivity contribution in [3.63, 3.8) is 0 Å². The van der Waals surface area contributed by atoms with Crippen LogP contribution in [0.4, 0.5) is 4.39 Å². The first kappa shape index (κ1) is 10.7. The molecule has 0 saturated heterocycles. The maximum atomic E-state index is 13.0. The van der Waals surface area contributed by atoms with Crippen molar-refractivity contribution in [2.75, 3.05) is 0 Å². The van der Waals surface area contributed by atoms with Gasteiger partial charge in [-0.25, -0.2) is 4.39 Å². The first-order valence-electron chi connectivity index (χ1n) is 4.91. The molecule has 1 aliphatic rings. The van der Waals surface area contributed by atoms with E-state index in [0.29, 0.717) is 5.56 Å². The highest BCUT2D eigenvalue weighted by atomic mass is 35.5. The molecular weight excluding hydrogens is 217 g/mol. The topological polar surface area (TPSA) is 46.2 Å². The van der Waals surface area contributed by atoms with Crippen molar-refractivity contribution in [3.05, 3.63) is 28.5 Å². The van der Waals surface area contributed by atoms with Crippen molar-refractivity contribution in [3.8, 4) is 5.75 Å². The van der Waals surface area contributed by atoms with Gasteiger partial charge in [-0.2, -0.15) is 0 Å². The molecule has 1 saturated carbocycles. The van der Waals surface area contributed by atoms with Gasteiger partial charge in [0.2, 0.25) is 0 Å². The molecule has 1 fully saturated rings. The summed E-state index contributed by atoms with van der Waals surface area (Å²) in [7, 11) is 0. The molecule has 1 atom stereocenters. The van der Waals surface area contributed by atoms with E-state index in [1.165, 1.54) is 6.07 Å². The van der Waals surface area contributed by atoms with Crippen molar-refractivity contribution >= 4 is 11.6 Å². The second kappa shape index (κ2) is 3.35. The number of halogens is 2. The second-order valence-corrected chi connectivity index (χ2v) is 4.64. The van der Waals surface area contributed by atoms with Crippen LogP contribution < -0.4 is 5.73 Å². The van der Waals surface area contributed by atoms with Crippen molar-refractivity contribution in [2.24, 2.45) is 5.73 Å². The van der Waals surface area contributed by atoms with Crippen LogP contribution in [-0.2, 0) is 5.41 Å². The van der Waals surface area contributed by atoms with Gasteiger partial charge in [-0.1, -0.05) is 11.6 Å². The minimum absolute atomic E-state index is 0.0368. The Morgan fingerprint density at radius 3 is 2.60 bits per heavy atom. The van der Waals surface area contributed by atoms with E-state index in [2.05, 4.69) is 0 Å². The summed E-state index contributed by atoms with van der Waals surface area (Å²) < 4.78 is 13.0. The van der Waals surface area contributed by atoms with Gasteiger partial charge < -0.3 is 10.8 Å². The van der Waals surface area contributed by atoms with Crippen molar-refractivity contribution < 1.29 is 9.50 Å². The third-order valence-corrected chi connectivity index (χ3v) is 3.52. The monoisotopic (exact) mass is 229 g/mol.